The van der Waals surface area contributed by atoms with Gasteiger partial charge in [0.1, 0.15) is 23.3 Å². The van der Waals surface area contributed by atoms with Gasteiger partial charge >= 0.3 is 0 Å². The van der Waals surface area contributed by atoms with Crippen molar-refractivity contribution in [3.8, 4) is 11.1 Å². The van der Waals surface area contributed by atoms with Gasteiger partial charge in [0, 0.05) is 30.2 Å². The summed E-state index contributed by atoms with van der Waals surface area (Å²) in [6.45, 7) is 2.69. The number of halogens is 1. The van der Waals surface area contributed by atoms with Crippen LogP contribution in [0.5, 0.6) is 0 Å². The summed E-state index contributed by atoms with van der Waals surface area (Å²) in [4.78, 5) is 13.1. The first-order valence-corrected chi connectivity index (χ1v) is 11.3. The second kappa shape index (κ2) is 10.1. The Morgan fingerprint density at radius 3 is 2.46 bits per heavy atom. The monoisotopic (exact) mass is 465 g/mol. The second-order valence-electron chi connectivity index (χ2n) is 8.17. The van der Waals surface area contributed by atoms with Crippen molar-refractivity contribution in [1.29, 1.82) is 0 Å². The molecule has 0 fully saturated rings. The molecule has 3 aromatic heterocycles. The van der Waals surface area contributed by atoms with Gasteiger partial charge in [-0.05, 0) is 47.9 Å². The van der Waals surface area contributed by atoms with Crippen molar-refractivity contribution in [1.82, 2.24) is 24.7 Å². The van der Waals surface area contributed by atoms with Gasteiger partial charge in [-0.25, -0.2) is 14.4 Å². The molecule has 174 valence electrons. The highest BCUT2D eigenvalue weighted by atomic mass is 19.1. The average molecular weight is 466 g/mol. The molecule has 0 aliphatic carbocycles. The minimum atomic E-state index is -0.260. The van der Waals surface area contributed by atoms with Gasteiger partial charge in [-0.15, -0.1) is 0 Å². The number of pyridine rings is 1. The van der Waals surface area contributed by atoms with E-state index in [2.05, 4.69) is 37.8 Å². The molecule has 35 heavy (non-hydrogen) atoms. The van der Waals surface area contributed by atoms with Crippen LogP contribution in [0.1, 0.15) is 24.1 Å². The molecule has 0 saturated carbocycles. The number of hydrogen-bond acceptors (Lipinski definition) is 6. The van der Waals surface area contributed by atoms with E-state index in [1.165, 1.54) is 17.7 Å². The Bertz CT molecular complexity index is 1390. The summed E-state index contributed by atoms with van der Waals surface area (Å²) in [5.74, 6) is 1.62. The van der Waals surface area contributed by atoms with Crippen LogP contribution in [-0.2, 0) is 6.54 Å². The number of benzene rings is 2. The molecule has 0 amide bonds. The molecule has 0 spiro atoms. The van der Waals surface area contributed by atoms with Gasteiger partial charge in [0.05, 0.1) is 18.9 Å². The van der Waals surface area contributed by atoms with E-state index < -0.39 is 0 Å². The number of nitrogens with zero attached hydrogens (tertiary/aromatic N) is 5. The summed E-state index contributed by atoms with van der Waals surface area (Å²) in [5, 5.41) is 11.2. The lowest BCUT2D eigenvalue weighted by Gasteiger charge is -2.17. The van der Waals surface area contributed by atoms with Crippen LogP contribution in [0.3, 0.4) is 0 Å². The van der Waals surface area contributed by atoms with Crippen molar-refractivity contribution in [2.45, 2.75) is 19.5 Å². The standard InChI is InChI=1S/C27H24FN7/c1-19(21-7-9-24(28)10-8-21)32-25-13-22(14-26(33-25)34-27-16-29-11-12-30-27)23-15-31-35(18-23)17-20-5-3-2-4-6-20/h2-16,18-19H,17H2,1H3,(H2,30,32,33,34)/t19-/m0/s1. The summed E-state index contributed by atoms with van der Waals surface area (Å²) in [7, 11) is 0. The summed E-state index contributed by atoms with van der Waals surface area (Å²) in [6.07, 6.45) is 8.74. The molecule has 3 heterocycles. The Balaban J connectivity index is 1.44. The largest absolute Gasteiger partial charge is 0.363 e. The second-order valence-corrected chi connectivity index (χ2v) is 8.17. The SMILES string of the molecule is C[C@H](Nc1cc(-c2cnn(Cc3ccccc3)c2)cc(Nc2cnccn2)n1)c1ccc(F)cc1. The highest BCUT2D eigenvalue weighted by molar-refractivity contribution is 5.71. The van der Waals surface area contributed by atoms with E-state index in [1.54, 1.807) is 30.7 Å². The zero-order valence-electron chi connectivity index (χ0n) is 19.1. The van der Waals surface area contributed by atoms with Crippen molar-refractivity contribution in [3.05, 3.63) is 115 Å². The lowest BCUT2D eigenvalue weighted by Crippen LogP contribution is -2.09. The molecule has 7 nitrogen and oxygen atoms in total. The molecule has 0 radical (unpaired) electrons. The molecule has 0 bridgehead atoms. The van der Waals surface area contributed by atoms with E-state index in [4.69, 9.17) is 4.98 Å². The van der Waals surface area contributed by atoms with Crippen molar-refractivity contribution >= 4 is 17.5 Å². The average Bonchev–Trinajstić information content (AvgIpc) is 3.34. The van der Waals surface area contributed by atoms with Gasteiger partial charge in [0.15, 0.2) is 0 Å². The number of rotatable bonds is 8. The predicted molar refractivity (Wildman–Crippen MR) is 135 cm³/mol. The molecular formula is C27H24FN7. The van der Waals surface area contributed by atoms with Crippen LogP contribution in [0.15, 0.2) is 97.7 Å². The molecule has 5 aromatic rings. The fourth-order valence-electron chi connectivity index (χ4n) is 3.76. The van der Waals surface area contributed by atoms with E-state index in [0.717, 1.165) is 16.7 Å². The van der Waals surface area contributed by atoms with Gasteiger partial charge in [0.25, 0.3) is 0 Å². The lowest BCUT2D eigenvalue weighted by molar-refractivity contribution is 0.626. The van der Waals surface area contributed by atoms with E-state index in [9.17, 15) is 4.39 Å². The van der Waals surface area contributed by atoms with Crippen LogP contribution in [0, 0.1) is 5.82 Å². The maximum atomic E-state index is 13.4. The highest BCUT2D eigenvalue weighted by Gasteiger charge is 2.12. The Morgan fingerprint density at radius 1 is 0.886 bits per heavy atom. The number of nitrogens with one attached hydrogen (secondary N) is 2. The number of hydrogen-bond donors (Lipinski definition) is 2. The normalized spacial score (nSPS) is 11.7. The Morgan fingerprint density at radius 2 is 1.69 bits per heavy atom. The Kier molecular flexibility index (Phi) is 6.43. The fourth-order valence-corrected chi connectivity index (χ4v) is 3.76. The van der Waals surface area contributed by atoms with Crippen LogP contribution in [0.2, 0.25) is 0 Å². The van der Waals surface area contributed by atoms with E-state index >= 15 is 0 Å². The highest BCUT2D eigenvalue weighted by Crippen LogP contribution is 2.28. The molecule has 1 atom stereocenters. The first-order chi connectivity index (χ1) is 17.1. The third kappa shape index (κ3) is 5.67. The summed E-state index contributed by atoms with van der Waals surface area (Å²) in [6, 6.07) is 20.5. The minimum absolute atomic E-state index is 0.0801. The summed E-state index contributed by atoms with van der Waals surface area (Å²) < 4.78 is 15.3. The lowest BCUT2D eigenvalue weighted by atomic mass is 10.1. The minimum Gasteiger partial charge on any atom is -0.363 e. The molecule has 8 heteroatoms. The molecule has 0 saturated heterocycles. The van der Waals surface area contributed by atoms with Crippen LogP contribution in [-0.4, -0.2) is 24.7 Å². The molecular weight excluding hydrogens is 441 g/mol. The van der Waals surface area contributed by atoms with Crippen molar-refractivity contribution in [2.24, 2.45) is 0 Å². The first-order valence-electron chi connectivity index (χ1n) is 11.3. The van der Waals surface area contributed by atoms with E-state index in [1.807, 2.05) is 54.3 Å². The summed E-state index contributed by atoms with van der Waals surface area (Å²) >= 11 is 0. The quantitative estimate of drug-likeness (QED) is 0.300. The van der Waals surface area contributed by atoms with Gasteiger partial charge in [-0.1, -0.05) is 42.5 Å². The first kappa shape index (κ1) is 22.2. The predicted octanol–water partition coefficient (Wildman–Crippen LogP) is 5.84. The van der Waals surface area contributed by atoms with Crippen molar-refractivity contribution in [3.63, 3.8) is 0 Å². The smallest absolute Gasteiger partial charge is 0.150 e. The van der Waals surface area contributed by atoms with Crippen LogP contribution >= 0.6 is 0 Å². The maximum absolute atomic E-state index is 13.4. The summed E-state index contributed by atoms with van der Waals surface area (Å²) in [5.41, 5.74) is 4.04. The van der Waals surface area contributed by atoms with Gasteiger partial charge in [-0.2, -0.15) is 5.10 Å². The van der Waals surface area contributed by atoms with Crippen LogP contribution < -0.4 is 10.6 Å². The molecule has 0 unspecified atom stereocenters. The third-order valence-corrected chi connectivity index (χ3v) is 5.53. The maximum Gasteiger partial charge on any atom is 0.150 e. The number of aromatic nitrogens is 5. The molecule has 0 aliphatic rings. The van der Waals surface area contributed by atoms with E-state index in [0.29, 0.717) is 24.0 Å². The molecule has 5 rings (SSSR count). The van der Waals surface area contributed by atoms with Gasteiger partial charge < -0.3 is 10.6 Å². The van der Waals surface area contributed by atoms with Crippen molar-refractivity contribution in [2.75, 3.05) is 10.6 Å². The topological polar surface area (TPSA) is 80.5 Å². The third-order valence-electron chi connectivity index (χ3n) is 5.53. The number of anilines is 3. The zero-order chi connectivity index (χ0) is 24.0. The van der Waals surface area contributed by atoms with E-state index in [-0.39, 0.29) is 11.9 Å². The molecule has 0 aliphatic heterocycles. The molecule has 2 aromatic carbocycles. The molecule has 2 N–H and O–H groups in total. The Labute approximate surface area is 202 Å². The fraction of sp³-hybridized carbons (Fsp3) is 0.111. The zero-order valence-corrected chi connectivity index (χ0v) is 19.1. The van der Waals surface area contributed by atoms with Crippen molar-refractivity contribution < 1.29 is 4.39 Å². The van der Waals surface area contributed by atoms with Gasteiger partial charge in [0.2, 0.25) is 0 Å². The van der Waals surface area contributed by atoms with Crippen LogP contribution in [0.25, 0.3) is 11.1 Å². The Hall–Kier alpha value is -4.59. The van der Waals surface area contributed by atoms with Gasteiger partial charge in [-0.3, -0.25) is 9.67 Å². The van der Waals surface area contributed by atoms with Crippen LogP contribution in [0.4, 0.5) is 21.8 Å².